The van der Waals surface area contributed by atoms with E-state index in [1.165, 1.54) is 18.4 Å². The highest BCUT2D eigenvalue weighted by molar-refractivity contribution is 5.77. The van der Waals surface area contributed by atoms with Gasteiger partial charge in [-0.1, -0.05) is 42.5 Å². The van der Waals surface area contributed by atoms with Crippen LogP contribution in [0.3, 0.4) is 0 Å². The van der Waals surface area contributed by atoms with E-state index >= 15 is 0 Å². The Morgan fingerprint density at radius 1 is 1.16 bits per heavy atom. The zero-order valence-electron chi connectivity index (χ0n) is 15.1. The Kier molecular flexibility index (Phi) is 6.27. The number of hydrogen-bond donors (Lipinski definition) is 1. The Bertz CT molecular complexity index is 587. The van der Waals surface area contributed by atoms with Crippen LogP contribution in [0, 0.1) is 5.41 Å². The summed E-state index contributed by atoms with van der Waals surface area (Å²) in [6.07, 6.45) is 9.24. The minimum atomic E-state index is 0.160. The molecule has 1 atom stereocenters. The largest absolute Gasteiger partial charge is 0.396 e. The van der Waals surface area contributed by atoms with E-state index in [9.17, 15) is 4.79 Å². The minimum absolute atomic E-state index is 0.160. The number of likely N-dealkylation sites (tertiary alicyclic amines) is 2. The van der Waals surface area contributed by atoms with Gasteiger partial charge < -0.3 is 10.0 Å². The van der Waals surface area contributed by atoms with Crippen LogP contribution in [-0.4, -0.2) is 60.1 Å². The van der Waals surface area contributed by atoms with E-state index < -0.39 is 0 Å². The maximum absolute atomic E-state index is 12.2. The van der Waals surface area contributed by atoms with Crippen molar-refractivity contribution in [2.75, 3.05) is 39.3 Å². The predicted molar refractivity (Wildman–Crippen MR) is 101 cm³/mol. The molecule has 0 aliphatic carbocycles. The second kappa shape index (κ2) is 8.63. The average molecular weight is 342 g/mol. The first-order valence-corrected chi connectivity index (χ1v) is 9.53. The first kappa shape index (κ1) is 18.2. The number of nitrogens with zero attached hydrogens (tertiary/aromatic N) is 2. The summed E-state index contributed by atoms with van der Waals surface area (Å²) in [7, 11) is 0. The van der Waals surface area contributed by atoms with Gasteiger partial charge in [0.15, 0.2) is 0 Å². The Morgan fingerprint density at radius 3 is 2.80 bits per heavy atom. The third kappa shape index (κ3) is 4.93. The molecule has 1 aromatic rings. The lowest BCUT2D eigenvalue weighted by molar-refractivity contribution is -0.139. The van der Waals surface area contributed by atoms with Crippen LogP contribution in [-0.2, 0) is 4.79 Å². The van der Waals surface area contributed by atoms with Gasteiger partial charge in [0.25, 0.3) is 0 Å². The molecule has 2 heterocycles. The van der Waals surface area contributed by atoms with Gasteiger partial charge >= 0.3 is 0 Å². The molecule has 0 bridgehead atoms. The molecule has 0 aromatic heterocycles. The molecule has 0 radical (unpaired) electrons. The molecule has 1 spiro atoms. The van der Waals surface area contributed by atoms with Crippen molar-refractivity contribution in [1.82, 2.24) is 9.80 Å². The van der Waals surface area contributed by atoms with Crippen molar-refractivity contribution in [3.63, 3.8) is 0 Å². The zero-order valence-corrected chi connectivity index (χ0v) is 15.1. The van der Waals surface area contributed by atoms with Crippen LogP contribution >= 0.6 is 0 Å². The quantitative estimate of drug-likeness (QED) is 0.864. The lowest BCUT2D eigenvalue weighted by Gasteiger charge is -2.48. The highest BCUT2D eigenvalue weighted by Gasteiger charge is 2.41. The fourth-order valence-electron chi connectivity index (χ4n) is 4.27. The van der Waals surface area contributed by atoms with E-state index in [1.54, 1.807) is 0 Å². The number of amides is 1. The monoisotopic (exact) mass is 342 g/mol. The molecule has 1 N–H and O–H groups in total. The van der Waals surface area contributed by atoms with E-state index in [-0.39, 0.29) is 17.9 Å². The number of carbonyl (C=O) groups excluding carboxylic acids is 1. The first-order valence-electron chi connectivity index (χ1n) is 9.53. The van der Waals surface area contributed by atoms with E-state index in [4.69, 9.17) is 5.11 Å². The summed E-state index contributed by atoms with van der Waals surface area (Å²) in [5.74, 6) is 0.264. The van der Waals surface area contributed by atoms with Crippen molar-refractivity contribution >= 4 is 12.0 Å². The molecule has 1 amide bonds. The Morgan fingerprint density at radius 2 is 2.00 bits per heavy atom. The van der Waals surface area contributed by atoms with Crippen LogP contribution < -0.4 is 0 Å². The Labute approximate surface area is 151 Å². The summed E-state index contributed by atoms with van der Waals surface area (Å²) < 4.78 is 0. The molecule has 2 saturated heterocycles. The van der Waals surface area contributed by atoms with Crippen LogP contribution in [0.1, 0.15) is 37.7 Å². The van der Waals surface area contributed by atoms with Gasteiger partial charge in [0.2, 0.25) is 5.91 Å². The highest BCUT2D eigenvalue weighted by Crippen LogP contribution is 2.38. The van der Waals surface area contributed by atoms with Crippen molar-refractivity contribution < 1.29 is 9.90 Å². The van der Waals surface area contributed by atoms with E-state index in [1.807, 2.05) is 11.0 Å². The molecule has 3 rings (SSSR count). The molecule has 1 aromatic carbocycles. The molecule has 25 heavy (non-hydrogen) atoms. The maximum atomic E-state index is 12.2. The van der Waals surface area contributed by atoms with Crippen molar-refractivity contribution in [2.24, 2.45) is 5.41 Å². The molecular weight excluding hydrogens is 312 g/mol. The standard InChI is InChI=1S/C21H30N2O2/c24-16-6-15-23-18-21(12-10-20(23)25)11-5-14-22(17-21)13-4-9-19-7-2-1-3-8-19/h1-4,7-9,24H,5-6,10-18H2/b9-4+. The minimum Gasteiger partial charge on any atom is -0.396 e. The van der Waals surface area contributed by atoms with E-state index in [0.717, 1.165) is 32.6 Å². The van der Waals surface area contributed by atoms with Gasteiger partial charge in [-0.3, -0.25) is 9.69 Å². The molecule has 2 fully saturated rings. The fourth-order valence-corrected chi connectivity index (χ4v) is 4.27. The normalized spacial score (nSPS) is 25.2. The van der Waals surface area contributed by atoms with Gasteiger partial charge in [0, 0.05) is 44.6 Å². The summed E-state index contributed by atoms with van der Waals surface area (Å²) in [5, 5.41) is 9.06. The lowest BCUT2D eigenvalue weighted by atomic mass is 9.73. The van der Waals surface area contributed by atoms with Gasteiger partial charge in [-0.2, -0.15) is 0 Å². The molecule has 2 aliphatic rings. The van der Waals surface area contributed by atoms with Crippen molar-refractivity contribution in [3.05, 3.63) is 42.0 Å². The third-order valence-corrected chi connectivity index (χ3v) is 5.55. The van der Waals surface area contributed by atoms with Crippen molar-refractivity contribution in [3.8, 4) is 0 Å². The van der Waals surface area contributed by atoms with Crippen LogP contribution in [0.4, 0.5) is 0 Å². The zero-order chi connectivity index (χ0) is 17.5. The van der Waals surface area contributed by atoms with E-state index in [0.29, 0.717) is 19.4 Å². The predicted octanol–water partition coefficient (Wildman–Crippen LogP) is 2.79. The second-order valence-electron chi connectivity index (χ2n) is 7.54. The topological polar surface area (TPSA) is 43.8 Å². The lowest BCUT2D eigenvalue weighted by Crippen LogP contribution is -2.54. The molecule has 136 valence electrons. The summed E-state index contributed by atoms with van der Waals surface area (Å²) in [4.78, 5) is 16.7. The first-order chi connectivity index (χ1) is 12.2. The number of hydrogen-bond acceptors (Lipinski definition) is 3. The average Bonchev–Trinajstić information content (AvgIpc) is 2.64. The summed E-state index contributed by atoms with van der Waals surface area (Å²) in [6, 6.07) is 10.4. The smallest absolute Gasteiger partial charge is 0.222 e. The number of aliphatic hydroxyl groups is 1. The van der Waals surface area contributed by atoms with Crippen LogP contribution in [0.25, 0.3) is 6.08 Å². The van der Waals surface area contributed by atoms with Gasteiger partial charge in [0.05, 0.1) is 0 Å². The summed E-state index contributed by atoms with van der Waals surface area (Å²) >= 11 is 0. The summed E-state index contributed by atoms with van der Waals surface area (Å²) in [6.45, 7) is 4.92. The maximum Gasteiger partial charge on any atom is 0.222 e. The number of benzene rings is 1. The molecular formula is C21H30N2O2. The Balaban J connectivity index is 1.56. The van der Waals surface area contributed by atoms with Gasteiger partial charge in [-0.15, -0.1) is 0 Å². The number of rotatable bonds is 6. The third-order valence-electron chi connectivity index (χ3n) is 5.55. The SMILES string of the molecule is O=C1CCC2(CCCN(C/C=C/c3ccccc3)C2)CN1CCCO. The second-order valence-corrected chi connectivity index (χ2v) is 7.54. The molecule has 2 aliphatic heterocycles. The molecule has 4 heteroatoms. The van der Waals surface area contributed by atoms with Gasteiger partial charge in [-0.25, -0.2) is 0 Å². The van der Waals surface area contributed by atoms with Crippen molar-refractivity contribution in [1.29, 1.82) is 0 Å². The van der Waals surface area contributed by atoms with Crippen LogP contribution in [0.15, 0.2) is 36.4 Å². The number of carbonyl (C=O) groups is 1. The molecule has 0 saturated carbocycles. The van der Waals surface area contributed by atoms with Gasteiger partial charge in [-0.05, 0) is 37.8 Å². The van der Waals surface area contributed by atoms with Crippen LogP contribution in [0.5, 0.6) is 0 Å². The number of aliphatic hydroxyl groups excluding tert-OH is 1. The number of piperidine rings is 2. The molecule has 4 nitrogen and oxygen atoms in total. The van der Waals surface area contributed by atoms with Gasteiger partial charge in [0.1, 0.15) is 0 Å². The fraction of sp³-hybridized carbons (Fsp3) is 0.571. The Hall–Kier alpha value is -1.65. The van der Waals surface area contributed by atoms with Crippen molar-refractivity contribution in [2.45, 2.75) is 32.1 Å². The molecule has 1 unspecified atom stereocenters. The highest BCUT2D eigenvalue weighted by atomic mass is 16.3. The van der Waals surface area contributed by atoms with Crippen LogP contribution in [0.2, 0.25) is 0 Å². The summed E-state index contributed by atoms with van der Waals surface area (Å²) in [5.41, 5.74) is 1.50. The van der Waals surface area contributed by atoms with E-state index in [2.05, 4.69) is 41.3 Å².